The number of aldehydes is 1. The van der Waals surface area contributed by atoms with Gasteiger partial charge < -0.3 is 15.4 Å². The van der Waals surface area contributed by atoms with Crippen LogP contribution in [-0.2, 0) is 4.79 Å². The Hall–Kier alpha value is -0.710. The Kier molecular flexibility index (Phi) is 4.67. The fourth-order valence-electron chi connectivity index (χ4n) is 1.21. The average molecular weight is 202 g/mol. The lowest BCUT2D eigenvalue weighted by Crippen LogP contribution is -2.44. The third-order valence-corrected chi connectivity index (χ3v) is 2.95. The van der Waals surface area contributed by atoms with E-state index < -0.39 is 0 Å². The summed E-state index contributed by atoms with van der Waals surface area (Å²) in [5.41, 5.74) is 0. The van der Waals surface area contributed by atoms with E-state index in [1.54, 1.807) is 0 Å². The molecule has 4 nitrogen and oxygen atoms in total. The van der Waals surface area contributed by atoms with E-state index >= 15 is 0 Å². The third-order valence-electron chi connectivity index (χ3n) is 1.90. The third kappa shape index (κ3) is 4.17. The smallest absolute Gasteiger partial charge is 0.315 e. The molecule has 1 aliphatic rings. The van der Waals surface area contributed by atoms with Gasteiger partial charge in [0.2, 0.25) is 0 Å². The highest BCUT2D eigenvalue weighted by Crippen LogP contribution is 2.16. The van der Waals surface area contributed by atoms with Gasteiger partial charge in [0, 0.05) is 6.04 Å². The van der Waals surface area contributed by atoms with Crippen LogP contribution in [0.25, 0.3) is 0 Å². The van der Waals surface area contributed by atoms with Gasteiger partial charge in [-0.3, -0.25) is 0 Å². The van der Waals surface area contributed by atoms with E-state index in [1.807, 2.05) is 11.8 Å². The molecule has 1 aliphatic heterocycles. The van der Waals surface area contributed by atoms with Gasteiger partial charge in [0.25, 0.3) is 0 Å². The first-order valence-corrected chi connectivity index (χ1v) is 5.54. The van der Waals surface area contributed by atoms with Crippen LogP contribution in [0.5, 0.6) is 0 Å². The normalized spacial score (nSPS) is 17.8. The van der Waals surface area contributed by atoms with E-state index in [0.717, 1.165) is 24.3 Å². The van der Waals surface area contributed by atoms with E-state index in [9.17, 15) is 9.59 Å². The molecular weight excluding hydrogens is 188 g/mol. The molecule has 0 aromatic rings. The van der Waals surface area contributed by atoms with Crippen molar-refractivity contribution in [2.45, 2.75) is 18.9 Å². The Balaban J connectivity index is 2.14. The highest BCUT2D eigenvalue weighted by molar-refractivity contribution is 7.99. The minimum absolute atomic E-state index is 0.0906. The maximum absolute atomic E-state index is 11.1. The molecule has 0 spiro atoms. The monoisotopic (exact) mass is 202 g/mol. The van der Waals surface area contributed by atoms with Crippen molar-refractivity contribution in [3.8, 4) is 0 Å². The number of carbonyl (C=O) groups is 2. The topological polar surface area (TPSA) is 58.2 Å². The predicted molar refractivity (Wildman–Crippen MR) is 52.9 cm³/mol. The summed E-state index contributed by atoms with van der Waals surface area (Å²) in [7, 11) is 0. The molecule has 13 heavy (non-hydrogen) atoms. The van der Waals surface area contributed by atoms with Crippen LogP contribution in [0.2, 0.25) is 0 Å². The zero-order chi connectivity index (χ0) is 9.52. The lowest BCUT2D eigenvalue weighted by Gasteiger charge is -2.22. The number of urea groups is 1. The summed E-state index contributed by atoms with van der Waals surface area (Å²) in [4.78, 5) is 21.0. The number of rotatable bonds is 3. The summed E-state index contributed by atoms with van der Waals surface area (Å²) < 4.78 is 0. The lowest BCUT2D eigenvalue weighted by atomic mass is 10.2. The van der Waals surface area contributed by atoms with E-state index in [1.165, 1.54) is 0 Å². The molecule has 0 bridgehead atoms. The van der Waals surface area contributed by atoms with Gasteiger partial charge in [-0.05, 0) is 24.3 Å². The first-order valence-electron chi connectivity index (χ1n) is 4.38. The molecule has 0 aromatic heterocycles. The molecule has 0 aromatic carbocycles. The van der Waals surface area contributed by atoms with Gasteiger partial charge in [-0.25, -0.2) is 4.79 Å². The Morgan fingerprint density at radius 2 is 2.15 bits per heavy atom. The molecule has 0 atom stereocenters. The summed E-state index contributed by atoms with van der Waals surface area (Å²) in [6.07, 6.45) is 2.73. The zero-order valence-corrected chi connectivity index (χ0v) is 8.23. The molecule has 2 N–H and O–H groups in total. The SMILES string of the molecule is O=CCNC(=O)NC1CCSCC1. The first-order chi connectivity index (χ1) is 6.33. The Bertz CT molecular complexity index is 181. The molecule has 1 heterocycles. The number of carbonyl (C=O) groups excluding carboxylic acids is 2. The molecule has 0 saturated carbocycles. The molecule has 0 unspecified atom stereocenters. The molecule has 1 rings (SSSR count). The van der Waals surface area contributed by atoms with Crippen LogP contribution in [0.3, 0.4) is 0 Å². The van der Waals surface area contributed by atoms with Crippen molar-refractivity contribution in [3.63, 3.8) is 0 Å². The zero-order valence-electron chi connectivity index (χ0n) is 7.41. The number of amides is 2. The molecule has 0 radical (unpaired) electrons. The molecule has 1 saturated heterocycles. The molecular formula is C8H14N2O2S. The van der Waals surface area contributed by atoms with Gasteiger partial charge in [0.1, 0.15) is 6.29 Å². The van der Waals surface area contributed by atoms with Crippen LogP contribution in [-0.4, -0.2) is 36.4 Å². The van der Waals surface area contributed by atoms with E-state index in [4.69, 9.17) is 0 Å². The van der Waals surface area contributed by atoms with Crippen LogP contribution in [0, 0.1) is 0 Å². The Labute approximate surface area is 81.8 Å². The minimum atomic E-state index is -0.232. The van der Waals surface area contributed by atoms with Gasteiger partial charge in [0.05, 0.1) is 6.54 Å². The fraction of sp³-hybridized carbons (Fsp3) is 0.750. The Morgan fingerprint density at radius 3 is 2.77 bits per heavy atom. The van der Waals surface area contributed by atoms with Crippen molar-refractivity contribution in [2.75, 3.05) is 18.1 Å². The largest absolute Gasteiger partial charge is 0.335 e. The molecule has 0 aliphatic carbocycles. The summed E-state index contributed by atoms with van der Waals surface area (Å²) in [5, 5.41) is 5.29. The van der Waals surface area contributed by atoms with Crippen molar-refractivity contribution in [3.05, 3.63) is 0 Å². The van der Waals surface area contributed by atoms with Crippen LogP contribution in [0.1, 0.15) is 12.8 Å². The van der Waals surface area contributed by atoms with Crippen LogP contribution >= 0.6 is 11.8 Å². The van der Waals surface area contributed by atoms with E-state index in [-0.39, 0.29) is 18.6 Å². The van der Waals surface area contributed by atoms with Gasteiger partial charge in [-0.2, -0.15) is 11.8 Å². The van der Waals surface area contributed by atoms with Gasteiger partial charge >= 0.3 is 6.03 Å². The number of nitrogens with one attached hydrogen (secondary N) is 2. The van der Waals surface area contributed by atoms with Crippen molar-refractivity contribution in [2.24, 2.45) is 0 Å². The van der Waals surface area contributed by atoms with Crippen molar-refractivity contribution < 1.29 is 9.59 Å². The summed E-state index contributed by atoms with van der Waals surface area (Å²) >= 11 is 1.92. The van der Waals surface area contributed by atoms with Crippen LogP contribution in [0.15, 0.2) is 0 Å². The molecule has 1 fully saturated rings. The molecule has 5 heteroatoms. The minimum Gasteiger partial charge on any atom is -0.335 e. The highest BCUT2D eigenvalue weighted by atomic mass is 32.2. The number of hydrogen-bond acceptors (Lipinski definition) is 3. The van der Waals surface area contributed by atoms with Gasteiger partial charge in [-0.1, -0.05) is 0 Å². The maximum Gasteiger partial charge on any atom is 0.315 e. The van der Waals surface area contributed by atoms with Crippen molar-refractivity contribution in [1.82, 2.24) is 10.6 Å². The van der Waals surface area contributed by atoms with Gasteiger partial charge in [-0.15, -0.1) is 0 Å². The number of hydrogen-bond donors (Lipinski definition) is 2. The highest BCUT2D eigenvalue weighted by Gasteiger charge is 2.15. The first kappa shape index (κ1) is 10.4. The second-order valence-corrected chi connectivity index (χ2v) is 4.13. The fourth-order valence-corrected chi connectivity index (χ4v) is 2.32. The van der Waals surface area contributed by atoms with Crippen molar-refractivity contribution in [1.29, 1.82) is 0 Å². The Morgan fingerprint density at radius 1 is 1.46 bits per heavy atom. The molecule has 2 amide bonds. The average Bonchev–Trinajstić information content (AvgIpc) is 2.16. The lowest BCUT2D eigenvalue weighted by molar-refractivity contribution is -0.107. The van der Waals surface area contributed by atoms with Gasteiger partial charge in [0.15, 0.2) is 0 Å². The summed E-state index contributed by atoms with van der Waals surface area (Å²) in [6, 6.07) is 0.0527. The van der Waals surface area contributed by atoms with E-state index in [0.29, 0.717) is 6.29 Å². The number of thioether (sulfide) groups is 1. The molecule has 74 valence electrons. The summed E-state index contributed by atoms with van der Waals surface area (Å²) in [6.45, 7) is 0.0906. The summed E-state index contributed by atoms with van der Waals surface area (Å²) in [5.74, 6) is 2.22. The second kappa shape index (κ2) is 5.85. The second-order valence-electron chi connectivity index (χ2n) is 2.91. The van der Waals surface area contributed by atoms with E-state index in [2.05, 4.69) is 10.6 Å². The van der Waals surface area contributed by atoms with Crippen LogP contribution in [0.4, 0.5) is 4.79 Å². The maximum atomic E-state index is 11.1. The quantitative estimate of drug-likeness (QED) is 0.650. The van der Waals surface area contributed by atoms with Crippen molar-refractivity contribution >= 4 is 24.1 Å². The predicted octanol–water partition coefficient (Wildman–Crippen LogP) is 0.380. The van der Waals surface area contributed by atoms with Crippen LogP contribution < -0.4 is 10.6 Å². The standard InChI is InChI=1S/C8H14N2O2S/c11-4-3-9-8(12)10-7-1-5-13-6-2-7/h4,7H,1-3,5-6H2,(H2,9,10,12).